The maximum atomic E-state index is 15.2. The second-order valence-corrected chi connectivity index (χ2v) is 11.7. The first-order chi connectivity index (χ1) is 20.1. The molecule has 0 saturated carbocycles. The molecule has 0 atom stereocenters. The summed E-state index contributed by atoms with van der Waals surface area (Å²) < 4.78 is 58.5. The van der Waals surface area contributed by atoms with E-state index in [1.807, 2.05) is 4.90 Å². The number of ether oxygens (including phenoxy) is 1. The Labute approximate surface area is 249 Å². The number of anilines is 2. The van der Waals surface area contributed by atoms with Crippen molar-refractivity contribution in [3.63, 3.8) is 0 Å². The van der Waals surface area contributed by atoms with E-state index in [4.69, 9.17) is 16.3 Å². The van der Waals surface area contributed by atoms with Crippen LogP contribution in [-0.2, 0) is 11.3 Å². The summed E-state index contributed by atoms with van der Waals surface area (Å²) in [6.07, 6.45) is -2.87. The lowest BCUT2D eigenvalue weighted by Gasteiger charge is -2.40. The first-order valence-corrected chi connectivity index (χ1v) is 15.0. The van der Waals surface area contributed by atoms with Crippen molar-refractivity contribution in [3.05, 3.63) is 58.4 Å². The van der Waals surface area contributed by atoms with Gasteiger partial charge >= 0.3 is 6.18 Å². The largest absolute Gasteiger partial charge is 0.390 e. The molecule has 1 N–H and O–H groups in total. The van der Waals surface area contributed by atoms with Crippen LogP contribution in [0, 0.1) is 5.82 Å². The summed E-state index contributed by atoms with van der Waals surface area (Å²) in [7, 11) is 0. The van der Waals surface area contributed by atoms with E-state index in [1.165, 1.54) is 12.1 Å². The maximum Gasteiger partial charge on any atom is 0.390 e. The van der Waals surface area contributed by atoms with Gasteiger partial charge in [-0.05, 0) is 61.8 Å². The van der Waals surface area contributed by atoms with Crippen molar-refractivity contribution in [1.29, 1.82) is 0 Å². The molecule has 0 aliphatic carbocycles. The third-order valence-corrected chi connectivity index (χ3v) is 8.67. The van der Waals surface area contributed by atoms with Gasteiger partial charge in [-0.25, -0.2) is 4.39 Å². The Morgan fingerprint density at radius 2 is 1.64 bits per heavy atom. The Morgan fingerprint density at radius 3 is 2.31 bits per heavy atom. The van der Waals surface area contributed by atoms with Gasteiger partial charge < -0.3 is 15.0 Å². The quantitative estimate of drug-likeness (QED) is 0.419. The van der Waals surface area contributed by atoms with Gasteiger partial charge in [0, 0.05) is 63.4 Å². The van der Waals surface area contributed by atoms with E-state index in [2.05, 4.69) is 15.1 Å². The Bertz CT molecular complexity index is 1210. The molecule has 12 heteroatoms. The summed E-state index contributed by atoms with van der Waals surface area (Å²) >= 11 is 6.24. The molecular formula is C30H38ClF4N5O2. The first kappa shape index (κ1) is 31.0. The number of amides is 1. The van der Waals surface area contributed by atoms with E-state index in [-0.39, 0.29) is 12.1 Å². The summed E-state index contributed by atoms with van der Waals surface area (Å²) in [5.74, 6) is -1.15. The summed E-state index contributed by atoms with van der Waals surface area (Å²) in [4.78, 5) is 21.7. The molecule has 0 radical (unpaired) electrons. The Morgan fingerprint density at radius 1 is 0.929 bits per heavy atom. The molecule has 3 saturated heterocycles. The Hall–Kier alpha value is -2.44. The molecule has 2 aromatic carbocycles. The van der Waals surface area contributed by atoms with Crippen LogP contribution in [0.3, 0.4) is 0 Å². The number of piperazine rings is 1. The number of nitrogens with one attached hydrogen (secondary N) is 1. The number of benzene rings is 2. The molecule has 0 unspecified atom stereocenters. The molecule has 2 aromatic rings. The van der Waals surface area contributed by atoms with Crippen LogP contribution in [0.15, 0.2) is 36.4 Å². The van der Waals surface area contributed by atoms with E-state index in [1.54, 1.807) is 29.2 Å². The number of rotatable bonds is 8. The lowest BCUT2D eigenvalue weighted by molar-refractivity contribution is -0.138. The molecule has 230 valence electrons. The minimum atomic E-state index is -4.19. The molecule has 3 heterocycles. The normalized spacial score (nSPS) is 20.2. The molecule has 0 bridgehead atoms. The molecule has 3 aliphatic rings. The second kappa shape index (κ2) is 13.9. The highest BCUT2D eigenvalue weighted by Gasteiger charge is 2.29. The third-order valence-electron chi connectivity index (χ3n) is 8.44. The van der Waals surface area contributed by atoms with Gasteiger partial charge in [0.25, 0.3) is 5.91 Å². The highest BCUT2D eigenvalue weighted by Crippen LogP contribution is 2.31. The van der Waals surface area contributed by atoms with Gasteiger partial charge in [-0.2, -0.15) is 13.2 Å². The Balaban J connectivity index is 1.16. The zero-order chi connectivity index (χ0) is 29.7. The van der Waals surface area contributed by atoms with E-state index in [0.717, 1.165) is 57.8 Å². The predicted molar refractivity (Wildman–Crippen MR) is 156 cm³/mol. The number of piperidine rings is 1. The topological polar surface area (TPSA) is 51.3 Å². The number of hydrogen-bond acceptors (Lipinski definition) is 6. The smallest absolute Gasteiger partial charge is 0.379 e. The van der Waals surface area contributed by atoms with E-state index in [9.17, 15) is 18.0 Å². The highest BCUT2D eigenvalue weighted by atomic mass is 35.5. The summed E-state index contributed by atoms with van der Waals surface area (Å²) in [5.41, 5.74) is 1.90. The zero-order valence-electron chi connectivity index (χ0n) is 23.6. The van der Waals surface area contributed by atoms with Crippen LogP contribution in [0.5, 0.6) is 0 Å². The fourth-order valence-electron chi connectivity index (χ4n) is 6.04. The van der Waals surface area contributed by atoms with Crippen LogP contribution in [0.2, 0.25) is 5.02 Å². The summed E-state index contributed by atoms with van der Waals surface area (Å²) in [6, 6.07) is 10.4. The molecule has 3 fully saturated rings. The monoisotopic (exact) mass is 611 g/mol. The molecular weight excluding hydrogens is 574 g/mol. The number of halogens is 5. The number of carbonyl (C=O) groups excluding carboxylic acids is 1. The van der Waals surface area contributed by atoms with Crippen LogP contribution in [0.1, 0.15) is 35.2 Å². The minimum absolute atomic E-state index is 0.0432. The van der Waals surface area contributed by atoms with Crippen LogP contribution in [0.25, 0.3) is 0 Å². The van der Waals surface area contributed by atoms with Crippen molar-refractivity contribution < 1.29 is 27.1 Å². The predicted octanol–water partition coefficient (Wildman–Crippen LogP) is 5.10. The molecule has 1 amide bonds. The van der Waals surface area contributed by atoms with Crippen LogP contribution in [-0.4, -0.2) is 105 Å². The van der Waals surface area contributed by atoms with Gasteiger partial charge in [0.2, 0.25) is 0 Å². The molecule has 7 nitrogen and oxygen atoms in total. The van der Waals surface area contributed by atoms with Crippen LogP contribution < -0.4 is 10.2 Å². The van der Waals surface area contributed by atoms with Crippen molar-refractivity contribution >= 4 is 28.9 Å². The van der Waals surface area contributed by atoms with E-state index < -0.39 is 24.3 Å². The summed E-state index contributed by atoms with van der Waals surface area (Å²) in [6.45, 7) is 7.91. The molecule has 5 rings (SSSR count). The van der Waals surface area contributed by atoms with Crippen molar-refractivity contribution in [1.82, 2.24) is 14.7 Å². The average Bonchev–Trinajstić information content (AvgIpc) is 2.98. The molecule has 0 aromatic heterocycles. The van der Waals surface area contributed by atoms with Gasteiger partial charge in [-0.15, -0.1) is 0 Å². The van der Waals surface area contributed by atoms with Gasteiger partial charge in [0.05, 0.1) is 36.6 Å². The number of nitrogens with zero attached hydrogens (tertiary/aromatic N) is 4. The van der Waals surface area contributed by atoms with Gasteiger partial charge in [0.15, 0.2) is 0 Å². The number of carbonyl (C=O) groups is 1. The van der Waals surface area contributed by atoms with E-state index in [0.29, 0.717) is 55.2 Å². The number of hydrogen-bond donors (Lipinski definition) is 1. The van der Waals surface area contributed by atoms with Gasteiger partial charge in [-0.3, -0.25) is 19.5 Å². The summed E-state index contributed by atoms with van der Waals surface area (Å²) in [5, 5.41) is 3.28. The van der Waals surface area contributed by atoms with Gasteiger partial charge in [-0.1, -0.05) is 17.7 Å². The lowest BCUT2D eigenvalue weighted by atomic mass is 10.0. The standard InChI is InChI=1S/C30H38ClF4N5O2/c31-23-2-4-27(28(20-23)40-13-11-37(12-14-40)10-7-30(33,34)35)36-29(41)25-3-1-22(19-26(25)32)21-38-8-5-24(6-9-38)39-15-17-42-18-16-39/h1-4,19-20,24H,5-18,21H2,(H,36,41). The average molecular weight is 612 g/mol. The second-order valence-electron chi connectivity index (χ2n) is 11.3. The van der Waals surface area contributed by atoms with Crippen LogP contribution >= 0.6 is 11.6 Å². The minimum Gasteiger partial charge on any atom is -0.379 e. The van der Waals surface area contributed by atoms with Crippen molar-refractivity contribution in [3.8, 4) is 0 Å². The van der Waals surface area contributed by atoms with Crippen molar-refractivity contribution in [2.45, 2.75) is 38.0 Å². The number of likely N-dealkylation sites (tertiary alicyclic amines) is 1. The van der Waals surface area contributed by atoms with Gasteiger partial charge in [0.1, 0.15) is 5.82 Å². The highest BCUT2D eigenvalue weighted by molar-refractivity contribution is 6.31. The zero-order valence-corrected chi connectivity index (χ0v) is 24.4. The number of morpholine rings is 1. The maximum absolute atomic E-state index is 15.2. The fraction of sp³-hybridized carbons (Fsp3) is 0.567. The SMILES string of the molecule is O=C(Nc1ccc(Cl)cc1N1CCN(CCC(F)(F)F)CC1)c1ccc(CN2CCC(N3CCOCC3)CC2)cc1F. The first-order valence-electron chi connectivity index (χ1n) is 14.6. The van der Waals surface area contributed by atoms with Crippen molar-refractivity contribution in [2.75, 3.05) is 82.3 Å². The Kier molecular flexibility index (Phi) is 10.3. The molecule has 42 heavy (non-hydrogen) atoms. The molecule has 0 spiro atoms. The lowest BCUT2D eigenvalue weighted by Crippen LogP contribution is -2.48. The molecule has 3 aliphatic heterocycles. The van der Waals surface area contributed by atoms with E-state index >= 15 is 4.39 Å². The van der Waals surface area contributed by atoms with Crippen LogP contribution in [0.4, 0.5) is 28.9 Å². The third kappa shape index (κ3) is 8.35. The number of alkyl halides is 3. The fourth-order valence-corrected chi connectivity index (χ4v) is 6.21. The van der Waals surface area contributed by atoms with Crippen molar-refractivity contribution in [2.24, 2.45) is 0 Å².